The summed E-state index contributed by atoms with van der Waals surface area (Å²) in [6, 6.07) is 8.88. The van der Waals surface area contributed by atoms with E-state index in [-0.39, 0.29) is 23.7 Å². The molecule has 1 aromatic heterocycles. The molecule has 1 unspecified atom stereocenters. The maximum Gasteiger partial charge on any atom is 0.230 e. The number of halogens is 1. The molecule has 6 heteroatoms. The average Bonchev–Trinajstić information content (AvgIpc) is 2.68. The van der Waals surface area contributed by atoms with Crippen molar-refractivity contribution < 1.29 is 9.18 Å². The molecule has 4 rings (SSSR count). The van der Waals surface area contributed by atoms with E-state index in [1.165, 1.54) is 6.07 Å². The largest absolute Gasteiger partial charge is 0.355 e. The number of carbonyl (C=O) groups is 1. The van der Waals surface area contributed by atoms with Crippen LogP contribution < -0.4 is 9.80 Å². The third-order valence-electron chi connectivity index (χ3n) is 5.76. The Morgan fingerprint density at radius 3 is 2.59 bits per heavy atom. The summed E-state index contributed by atoms with van der Waals surface area (Å²) in [5.41, 5.74) is 2.72. The summed E-state index contributed by atoms with van der Waals surface area (Å²) < 4.78 is 13.6. The van der Waals surface area contributed by atoms with Crippen molar-refractivity contribution in [2.24, 2.45) is 5.92 Å². The van der Waals surface area contributed by atoms with Crippen LogP contribution >= 0.6 is 0 Å². The van der Waals surface area contributed by atoms with Gasteiger partial charge in [0.2, 0.25) is 5.91 Å². The molecule has 0 N–H and O–H groups in total. The number of amides is 1. The smallest absolute Gasteiger partial charge is 0.230 e. The van der Waals surface area contributed by atoms with Gasteiger partial charge in [-0.2, -0.15) is 5.10 Å². The van der Waals surface area contributed by atoms with Crippen LogP contribution in [0.25, 0.3) is 0 Å². The summed E-state index contributed by atoms with van der Waals surface area (Å²) in [6.07, 6.45) is 3.30. The van der Waals surface area contributed by atoms with E-state index in [1.807, 2.05) is 24.0 Å². The fraction of sp³-hybridized carbons (Fsp3) is 0.476. The lowest BCUT2D eigenvalue weighted by atomic mass is 9.91. The van der Waals surface area contributed by atoms with Crippen molar-refractivity contribution in [2.75, 3.05) is 22.9 Å². The Morgan fingerprint density at radius 1 is 1.11 bits per heavy atom. The first kappa shape index (κ1) is 17.9. The molecule has 0 radical (unpaired) electrons. The Labute approximate surface area is 159 Å². The number of piperidine rings is 1. The molecule has 2 aromatic rings. The van der Waals surface area contributed by atoms with E-state index in [4.69, 9.17) is 0 Å². The lowest BCUT2D eigenvalue weighted by Gasteiger charge is -2.39. The molecule has 0 spiro atoms. The number of anilines is 2. The molecule has 1 saturated heterocycles. The predicted octanol–water partition coefficient (Wildman–Crippen LogP) is 3.51. The highest BCUT2D eigenvalue weighted by Gasteiger charge is 2.34. The third kappa shape index (κ3) is 3.53. The standard InChI is InChI=1S/C21H25FN4O/c1-14-3-8-20(24-23-14)25-11-9-16(10-12-25)21(27)26-15(2)4-5-17-13-18(22)6-7-19(17)26/h3,6-8,13,15-16H,4-5,9-12H2,1-2H3. The van der Waals surface area contributed by atoms with Crippen molar-refractivity contribution in [3.05, 3.63) is 47.4 Å². The molecule has 1 amide bonds. The molecule has 2 aliphatic rings. The first-order valence-electron chi connectivity index (χ1n) is 9.69. The van der Waals surface area contributed by atoms with Crippen molar-refractivity contribution in [2.45, 2.75) is 45.6 Å². The van der Waals surface area contributed by atoms with E-state index in [9.17, 15) is 9.18 Å². The number of nitrogens with zero attached hydrogens (tertiary/aromatic N) is 4. The van der Waals surface area contributed by atoms with Gasteiger partial charge in [-0.1, -0.05) is 0 Å². The van der Waals surface area contributed by atoms with Gasteiger partial charge in [0.25, 0.3) is 0 Å². The molecule has 1 atom stereocenters. The van der Waals surface area contributed by atoms with Gasteiger partial charge in [0.05, 0.1) is 5.69 Å². The van der Waals surface area contributed by atoms with Gasteiger partial charge in [0, 0.05) is 30.7 Å². The summed E-state index contributed by atoms with van der Waals surface area (Å²) >= 11 is 0. The highest BCUT2D eigenvalue weighted by Crippen LogP contribution is 2.34. The van der Waals surface area contributed by atoms with E-state index >= 15 is 0 Å². The van der Waals surface area contributed by atoms with Crippen LogP contribution in [0.4, 0.5) is 15.9 Å². The summed E-state index contributed by atoms with van der Waals surface area (Å²) in [5.74, 6) is 0.810. The molecule has 5 nitrogen and oxygen atoms in total. The van der Waals surface area contributed by atoms with Crippen molar-refractivity contribution in [3.63, 3.8) is 0 Å². The van der Waals surface area contributed by atoms with Gasteiger partial charge in [-0.3, -0.25) is 4.79 Å². The summed E-state index contributed by atoms with van der Waals surface area (Å²) in [7, 11) is 0. The van der Waals surface area contributed by atoms with Crippen LogP contribution in [0.1, 0.15) is 37.4 Å². The molecule has 0 aliphatic carbocycles. The van der Waals surface area contributed by atoms with Gasteiger partial charge >= 0.3 is 0 Å². The Kier molecular flexibility index (Phi) is 4.81. The first-order valence-corrected chi connectivity index (χ1v) is 9.69. The summed E-state index contributed by atoms with van der Waals surface area (Å²) in [5, 5.41) is 8.38. The Bertz CT molecular complexity index is 831. The molecule has 142 valence electrons. The van der Waals surface area contributed by atoms with Crippen molar-refractivity contribution in [3.8, 4) is 0 Å². The molecule has 1 aromatic carbocycles. The zero-order chi connectivity index (χ0) is 19.0. The van der Waals surface area contributed by atoms with E-state index in [0.29, 0.717) is 0 Å². The average molecular weight is 368 g/mol. The fourth-order valence-electron chi connectivity index (χ4n) is 4.17. The Morgan fingerprint density at radius 2 is 1.89 bits per heavy atom. The van der Waals surface area contributed by atoms with Gasteiger partial charge in [-0.05, 0) is 75.4 Å². The molecule has 0 saturated carbocycles. The summed E-state index contributed by atoms with van der Waals surface area (Å²) in [6.45, 7) is 5.60. The van der Waals surface area contributed by atoms with Gasteiger partial charge in [0.1, 0.15) is 5.82 Å². The minimum atomic E-state index is -0.233. The second-order valence-electron chi connectivity index (χ2n) is 7.66. The van der Waals surface area contributed by atoms with Gasteiger partial charge in [0.15, 0.2) is 5.82 Å². The third-order valence-corrected chi connectivity index (χ3v) is 5.76. The van der Waals surface area contributed by atoms with Crippen molar-refractivity contribution in [1.29, 1.82) is 0 Å². The number of hydrogen-bond donors (Lipinski definition) is 0. The quantitative estimate of drug-likeness (QED) is 0.814. The topological polar surface area (TPSA) is 49.3 Å². The monoisotopic (exact) mass is 368 g/mol. The van der Waals surface area contributed by atoms with Crippen LogP contribution in [0.3, 0.4) is 0 Å². The second-order valence-corrected chi connectivity index (χ2v) is 7.66. The normalized spacial score (nSPS) is 20.5. The number of fused-ring (bicyclic) bond motifs is 1. The molecular formula is C21H25FN4O. The van der Waals surface area contributed by atoms with Crippen LogP contribution in [0, 0.1) is 18.7 Å². The lowest BCUT2D eigenvalue weighted by molar-refractivity contribution is -0.123. The number of aromatic nitrogens is 2. The van der Waals surface area contributed by atoms with Gasteiger partial charge in [-0.15, -0.1) is 5.10 Å². The van der Waals surface area contributed by atoms with Crippen LogP contribution in [0.2, 0.25) is 0 Å². The number of carbonyl (C=O) groups excluding carboxylic acids is 1. The van der Waals surface area contributed by atoms with Gasteiger partial charge < -0.3 is 9.80 Å². The van der Waals surface area contributed by atoms with E-state index in [1.54, 1.807) is 12.1 Å². The first-order chi connectivity index (χ1) is 13.0. The predicted molar refractivity (Wildman–Crippen MR) is 103 cm³/mol. The highest BCUT2D eigenvalue weighted by molar-refractivity contribution is 5.97. The maximum absolute atomic E-state index is 13.6. The van der Waals surface area contributed by atoms with Crippen LogP contribution in [-0.2, 0) is 11.2 Å². The molecule has 3 heterocycles. The fourth-order valence-corrected chi connectivity index (χ4v) is 4.17. The molecule has 2 aliphatic heterocycles. The van der Waals surface area contributed by atoms with E-state index in [0.717, 1.165) is 61.5 Å². The molecule has 0 bridgehead atoms. The number of rotatable bonds is 2. The Balaban J connectivity index is 1.47. The second kappa shape index (κ2) is 7.25. The van der Waals surface area contributed by atoms with E-state index < -0.39 is 0 Å². The van der Waals surface area contributed by atoms with Crippen LogP contribution in [0.5, 0.6) is 0 Å². The molecular weight excluding hydrogens is 343 g/mol. The van der Waals surface area contributed by atoms with Crippen LogP contribution in [0.15, 0.2) is 30.3 Å². The SMILES string of the molecule is Cc1ccc(N2CCC(C(=O)N3c4ccc(F)cc4CCC3C)CC2)nn1. The molecule has 1 fully saturated rings. The van der Waals surface area contributed by atoms with Crippen molar-refractivity contribution >= 4 is 17.4 Å². The highest BCUT2D eigenvalue weighted by atomic mass is 19.1. The minimum Gasteiger partial charge on any atom is -0.355 e. The zero-order valence-electron chi connectivity index (χ0n) is 15.9. The zero-order valence-corrected chi connectivity index (χ0v) is 15.9. The Hall–Kier alpha value is -2.50. The van der Waals surface area contributed by atoms with Crippen LogP contribution in [-0.4, -0.2) is 35.2 Å². The maximum atomic E-state index is 13.6. The van der Waals surface area contributed by atoms with E-state index in [2.05, 4.69) is 22.0 Å². The van der Waals surface area contributed by atoms with Gasteiger partial charge in [-0.25, -0.2) is 4.39 Å². The number of aryl methyl sites for hydroxylation is 2. The summed E-state index contributed by atoms with van der Waals surface area (Å²) in [4.78, 5) is 17.4. The molecule has 27 heavy (non-hydrogen) atoms. The number of benzene rings is 1. The van der Waals surface area contributed by atoms with Crippen molar-refractivity contribution in [1.82, 2.24) is 10.2 Å². The minimum absolute atomic E-state index is 0.00175. The number of hydrogen-bond acceptors (Lipinski definition) is 4. The lowest BCUT2D eigenvalue weighted by Crippen LogP contribution is -2.48.